The van der Waals surface area contributed by atoms with Gasteiger partial charge in [-0.3, -0.25) is 14.5 Å². The van der Waals surface area contributed by atoms with Crippen LogP contribution in [0.15, 0.2) is 34.2 Å². The fourth-order valence-electron chi connectivity index (χ4n) is 8.12. The first-order chi connectivity index (χ1) is 18.9. The van der Waals surface area contributed by atoms with Gasteiger partial charge in [-0.2, -0.15) is 0 Å². The number of nitrogens with two attached hydrogens (primary N) is 1. The zero-order valence-electron chi connectivity index (χ0n) is 22.2. The van der Waals surface area contributed by atoms with Crippen molar-refractivity contribution in [2.24, 2.45) is 22.7 Å². The number of piperidine rings is 1. The molecule has 10 heteroatoms. The van der Waals surface area contributed by atoms with Crippen LogP contribution in [0.2, 0.25) is 0 Å². The number of amides is 1. The molecule has 4 atom stereocenters. The topological polar surface area (TPSA) is 140 Å². The van der Waals surface area contributed by atoms with Crippen molar-refractivity contribution in [3.05, 3.63) is 40.3 Å². The maximum atomic E-state index is 13.9. The van der Waals surface area contributed by atoms with Gasteiger partial charge in [0.1, 0.15) is 0 Å². The summed E-state index contributed by atoms with van der Waals surface area (Å²) in [7, 11) is 0. The van der Waals surface area contributed by atoms with E-state index < -0.39 is 29.8 Å². The highest BCUT2D eigenvalue weighted by atomic mass is 16.6. The molecule has 1 aromatic heterocycles. The summed E-state index contributed by atoms with van der Waals surface area (Å²) in [6.07, 6.45) is 13.5. The molecule has 39 heavy (non-hydrogen) atoms. The number of hydrogen-bond acceptors (Lipinski definition) is 7. The second kappa shape index (κ2) is 10.7. The van der Waals surface area contributed by atoms with Crippen molar-refractivity contribution in [2.75, 3.05) is 6.61 Å². The van der Waals surface area contributed by atoms with Gasteiger partial charge in [-0.05, 0) is 68.9 Å². The summed E-state index contributed by atoms with van der Waals surface area (Å²) in [5, 5.41) is 13.4. The Kier molecular flexibility index (Phi) is 7.14. The van der Waals surface area contributed by atoms with Crippen LogP contribution in [-0.4, -0.2) is 61.9 Å². The summed E-state index contributed by atoms with van der Waals surface area (Å²) in [6, 6.07) is 8.74. The molecule has 0 radical (unpaired) electrons. The lowest BCUT2D eigenvalue weighted by atomic mass is 9.76. The number of aromatic nitrogens is 2. The molecule has 3 heterocycles. The van der Waals surface area contributed by atoms with Crippen molar-refractivity contribution in [1.82, 2.24) is 14.5 Å². The van der Waals surface area contributed by atoms with Crippen LogP contribution in [0.3, 0.4) is 0 Å². The van der Waals surface area contributed by atoms with Gasteiger partial charge in [0, 0.05) is 24.2 Å². The Morgan fingerprint density at radius 2 is 1.62 bits per heavy atom. The molecule has 3 N–H and O–H groups in total. The molecule has 1 amide bonds. The van der Waals surface area contributed by atoms with Crippen molar-refractivity contribution in [2.45, 2.75) is 94.8 Å². The SMILES string of the molecule is NC(=O)CON=C(C(=O)O)c1nc2ccccc2n(C2CC3CCC(C2)N3C2CC3CCCCC(C3)C2)c1=O. The highest BCUT2D eigenvalue weighted by Gasteiger charge is 2.47. The maximum Gasteiger partial charge on any atom is 0.360 e. The number of benzene rings is 1. The smallest absolute Gasteiger partial charge is 0.360 e. The number of fused-ring (bicyclic) bond motifs is 5. The van der Waals surface area contributed by atoms with Crippen molar-refractivity contribution in [1.29, 1.82) is 0 Å². The number of primary amides is 1. The molecule has 4 fully saturated rings. The van der Waals surface area contributed by atoms with E-state index in [1.807, 2.05) is 18.2 Å². The molecular weight excluding hydrogens is 498 g/mol. The normalized spacial score (nSPS) is 31.1. The predicted octanol–water partition coefficient (Wildman–Crippen LogP) is 3.21. The van der Waals surface area contributed by atoms with Gasteiger partial charge >= 0.3 is 5.97 Å². The molecule has 1 aromatic carbocycles. The van der Waals surface area contributed by atoms with Gasteiger partial charge in [0.25, 0.3) is 11.5 Å². The fraction of sp³-hybridized carbons (Fsp3) is 0.621. The molecule has 6 rings (SSSR count). The third-order valence-electron chi connectivity index (χ3n) is 9.49. The Labute approximate surface area is 227 Å². The second-order valence-corrected chi connectivity index (χ2v) is 11.9. The molecule has 0 spiro atoms. The summed E-state index contributed by atoms with van der Waals surface area (Å²) >= 11 is 0. The Morgan fingerprint density at radius 1 is 0.949 bits per heavy atom. The summed E-state index contributed by atoms with van der Waals surface area (Å²) in [6.45, 7) is -0.594. The lowest BCUT2D eigenvalue weighted by Crippen LogP contribution is -2.52. The predicted molar refractivity (Wildman–Crippen MR) is 145 cm³/mol. The molecule has 208 valence electrons. The highest BCUT2D eigenvalue weighted by molar-refractivity contribution is 6.41. The van der Waals surface area contributed by atoms with Crippen molar-refractivity contribution in [3.63, 3.8) is 0 Å². The van der Waals surface area contributed by atoms with E-state index in [-0.39, 0.29) is 11.7 Å². The standard InChI is InChI=1S/C29H37N5O5/c30-25(35)16-39-32-27(29(37)38)26-28(36)34(24-8-4-3-7-23(24)31-26)22-14-19-9-10-20(15-22)33(19)21-12-17-5-1-2-6-18(11-17)13-21/h3-4,7-8,17-22H,1-2,5-6,9-16H2,(H2,30,35)(H,37,38). The first kappa shape index (κ1) is 26.0. The van der Waals surface area contributed by atoms with E-state index in [9.17, 15) is 19.5 Å². The number of oxime groups is 1. The molecule has 2 saturated heterocycles. The average Bonchev–Trinajstić information content (AvgIpc) is 3.06. The molecular formula is C29H37N5O5. The third kappa shape index (κ3) is 5.06. The van der Waals surface area contributed by atoms with E-state index in [0.29, 0.717) is 29.2 Å². The van der Waals surface area contributed by atoms with Crippen LogP contribution in [0.5, 0.6) is 0 Å². The number of carbonyl (C=O) groups excluding carboxylic acids is 1. The largest absolute Gasteiger partial charge is 0.476 e. The lowest BCUT2D eigenvalue weighted by molar-refractivity contribution is -0.130. The minimum atomic E-state index is -1.46. The number of carboxylic acids is 1. The third-order valence-corrected chi connectivity index (χ3v) is 9.49. The zero-order chi connectivity index (χ0) is 27.1. The Bertz CT molecular complexity index is 1330. The zero-order valence-corrected chi connectivity index (χ0v) is 22.2. The monoisotopic (exact) mass is 535 g/mol. The number of rotatable bonds is 7. The summed E-state index contributed by atoms with van der Waals surface area (Å²) in [5.74, 6) is -0.548. The number of hydrogen-bond donors (Lipinski definition) is 2. The van der Waals surface area contributed by atoms with Gasteiger partial charge in [0.15, 0.2) is 12.3 Å². The van der Waals surface area contributed by atoms with E-state index in [1.165, 1.54) is 44.9 Å². The molecule has 2 aliphatic carbocycles. The van der Waals surface area contributed by atoms with E-state index in [2.05, 4.69) is 15.0 Å². The molecule has 4 bridgehead atoms. The van der Waals surface area contributed by atoms with Crippen LogP contribution in [0.4, 0.5) is 0 Å². The summed E-state index contributed by atoms with van der Waals surface area (Å²) in [5.41, 5.74) is 4.86. The molecule has 2 aliphatic heterocycles. The van der Waals surface area contributed by atoms with Crippen molar-refractivity contribution >= 4 is 28.6 Å². The average molecular weight is 536 g/mol. The quantitative estimate of drug-likeness (QED) is 0.410. The van der Waals surface area contributed by atoms with E-state index in [1.54, 1.807) is 10.6 Å². The van der Waals surface area contributed by atoms with Crippen molar-refractivity contribution in [3.8, 4) is 0 Å². The molecule has 10 nitrogen and oxygen atoms in total. The van der Waals surface area contributed by atoms with Crippen LogP contribution in [-0.2, 0) is 14.4 Å². The number of para-hydroxylation sites is 2. The van der Waals surface area contributed by atoms with Crippen LogP contribution in [0.25, 0.3) is 11.0 Å². The molecule has 4 unspecified atom stereocenters. The summed E-state index contributed by atoms with van der Waals surface area (Å²) < 4.78 is 1.74. The first-order valence-corrected chi connectivity index (χ1v) is 14.4. The van der Waals surface area contributed by atoms with Gasteiger partial charge < -0.3 is 20.2 Å². The lowest BCUT2D eigenvalue weighted by Gasteiger charge is -2.48. The van der Waals surface area contributed by atoms with Gasteiger partial charge in [-0.15, -0.1) is 0 Å². The maximum absolute atomic E-state index is 13.9. The number of nitrogens with zero attached hydrogens (tertiary/aromatic N) is 4. The van der Waals surface area contributed by atoms with E-state index in [4.69, 9.17) is 10.6 Å². The number of aliphatic carboxylic acids is 1. The van der Waals surface area contributed by atoms with E-state index in [0.717, 1.165) is 37.5 Å². The van der Waals surface area contributed by atoms with Crippen molar-refractivity contribution < 1.29 is 19.5 Å². The molecule has 4 aliphatic rings. The fourth-order valence-corrected chi connectivity index (χ4v) is 8.12. The summed E-state index contributed by atoms with van der Waals surface area (Å²) in [4.78, 5) is 49.1. The minimum absolute atomic E-state index is 0.0645. The molecule has 2 aromatic rings. The van der Waals surface area contributed by atoms with Crippen LogP contribution < -0.4 is 11.3 Å². The minimum Gasteiger partial charge on any atom is -0.476 e. The van der Waals surface area contributed by atoms with Crippen LogP contribution in [0, 0.1) is 11.8 Å². The van der Waals surface area contributed by atoms with Gasteiger partial charge in [0.05, 0.1) is 11.0 Å². The van der Waals surface area contributed by atoms with Gasteiger partial charge in [-0.1, -0.05) is 43.0 Å². The van der Waals surface area contributed by atoms with Crippen LogP contribution in [0.1, 0.15) is 82.4 Å². The Morgan fingerprint density at radius 3 is 2.26 bits per heavy atom. The Hall–Kier alpha value is -3.27. The van der Waals surface area contributed by atoms with Gasteiger partial charge in [0.2, 0.25) is 5.71 Å². The van der Waals surface area contributed by atoms with Crippen LogP contribution >= 0.6 is 0 Å². The van der Waals surface area contributed by atoms with Gasteiger partial charge in [-0.25, -0.2) is 9.78 Å². The first-order valence-electron chi connectivity index (χ1n) is 14.4. The molecule has 2 saturated carbocycles. The Balaban J connectivity index is 1.33. The highest BCUT2D eigenvalue weighted by Crippen LogP contribution is 2.47. The number of carboxylic acid groups (broad SMARTS) is 1. The van der Waals surface area contributed by atoms with E-state index >= 15 is 0 Å². The number of carbonyl (C=O) groups is 2. The second-order valence-electron chi connectivity index (χ2n) is 11.9.